The van der Waals surface area contributed by atoms with Crippen molar-refractivity contribution in [3.05, 3.63) is 47.4 Å². The minimum absolute atomic E-state index is 0.0109. The Balaban J connectivity index is 2.25. The van der Waals surface area contributed by atoms with Crippen molar-refractivity contribution in [2.24, 2.45) is 0 Å². The minimum atomic E-state index is -0.706. The van der Waals surface area contributed by atoms with E-state index in [1.54, 1.807) is 0 Å². The topological polar surface area (TPSA) is 55.6 Å². The number of rotatable bonds is 4. The van der Waals surface area contributed by atoms with Gasteiger partial charge in [0.05, 0.1) is 5.69 Å². The van der Waals surface area contributed by atoms with Crippen LogP contribution in [0, 0.1) is 11.6 Å². The van der Waals surface area contributed by atoms with E-state index in [1.165, 1.54) is 20.2 Å². The van der Waals surface area contributed by atoms with Gasteiger partial charge in [-0.1, -0.05) is 5.16 Å². The summed E-state index contributed by atoms with van der Waals surface area (Å²) >= 11 is 0. The van der Waals surface area contributed by atoms with Gasteiger partial charge in [-0.2, -0.15) is 0 Å². The van der Waals surface area contributed by atoms with E-state index in [1.807, 2.05) is 0 Å². The molecule has 1 heterocycles. The molecule has 0 N–H and O–H groups in total. The summed E-state index contributed by atoms with van der Waals surface area (Å²) in [5.74, 6) is -1.59. The molecule has 7 heteroatoms. The Morgan fingerprint density at radius 1 is 1.40 bits per heavy atom. The molecule has 0 aliphatic rings. The van der Waals surface area contributed by atoms with Crippen LogP contribution >= 0.6 is 0 Å². The van der Waals surface area contributed by atoms with E-state index in [-0.39, 0.29) is 18.0 Å². The first-order valence-electron chi connectivity index (χ1n) is 5.70. The van der Waals surface area contributed by atoms with Gasteiger partial charge in [-0.15, -0.1) is 0 Å². The maximum Gasteiger partial charge on any atom is 0.280 e. The average Bonchev–Trinajstić information content (AvgIpc) is 2.89. The maximum atomic E-state index is 13.6. The number of methoxy groups -OCH3 is 1. The molecule has 0 aliphatic carbocycles. The Kier molecular flexibility index (Phi) is 4.09. The molecule has 0 aliphatic heterocycles. The van der Waals surface area contributed by atoms with E-state index in [9.17, 15) is 13.6 Å². The van der Waals surface area contributed by atoms with Gasteiger partial charge >= 0.3 is 0 Å². The van der Waals surface area contributed by atoms with Gasteiger partial charge in [0.25, 0.3) is 5.91 Å². The number of halogens is 2. The summed E-state index contributed by atoms with van der Waals surface area (Å²) in [5, 5.41) is 3.57. The largest absolute Gasteiger partial charge is 0.377 e. The number of carbonyl (C=O) groups is 1. The van der Waals surface area contributed by atoms with Crippen molar-refractivity contribution in [1.82, 2.24) is 5.16 Å². The molecule has 0 unspecified atom stereocenters. The van der Waals surface area contributed by atoms with Crippen molar-refractivity contribution >= 4 is 11.6 Å². The zero-order chi connectivity index (χ0) is 14.7. The monoisotopic (exact) mass is 282 g/mol. The molecule has 106 valence electrons. The standard InChI is InChI=1S/C13H12F2N2O3/c1-17(12-5-8(14)3-4-10(12)15)13(18)11-6-9(7-19-2)20-16-11/h3-6H,7H2,1-2H3. The zero-order valence-corrected chi connectivity index (χ0v) is 10.9. The lowest BCUT2D eigenvalue weighted by molar-refractivity contribution is 0.0982. The molecule has 20 heavy (non-hydrogen) atoms. The van der Waals surface area contributed by atoms with Crippen LogP contribution in [0.2, 0.25) is 0 Å². The maximum absolute atomic E-state index is 13.6. The number of aromatic nitrogens is 1. The molecule has 0 bridgehead atoms. The van der Waals surface area contributed by atoms with Crippen LogP contribution in [0.3, 0.4) is 0 Å². The van der Waals surface area contributed by atoms with Gasteiger partial charge in [0, 0.05) is 26.3 Å². The highest BCUT2D eigenvalue weighted by molar-refractivity contribution is 6.04. The van der Waals surface area contributed by atoms with Gasteiger partial charge in [-0.3, -0.25) is 4.79 Å². The Morgan fingerprint density at radius 3 is 2.85 bits per heavy atom. The number of benzene rings is 1. The highest BCUT2D eigenvalue weighted by atomic mass is 19.1. The number of hydrogen-bond donors (Lipinski definition) is 0. The van der Waals surface area contributed by atoms with Gasteiger partial charge in [0.2, 0.25) is 0 Å². The minimum Gasteiger partial charge on any atom is -0.377 e. The number of amides is 1. The summed E-state index contributed by atoms with van der Waals surface area (Å²) in [6, 6.07) is 4.25. The van der Waals surface area contributed by atoms with Crippen molar-refractivity contribution in [2.75, 3.05) is 19.1 Å². The predicted molar refractivity (Wildman–Crippen MR) is 66.3 cm³/mol. The lowest BCUT2D eigenvalue weighted by atomic mass is 10.2. The van der Waals surface area contributed by atoms with Gasteiger partial charge in [0.15, 0.2) is 11.5 Å². The molecule has 0 saturated carbocycles. The third-order valence-corrected chi connectivity index (χ3v) is 2.64. The first kappa shape index (κ1) is 14.1. The number of ether oxygens (including phenoxy) is 1. The first-order chi connectivity index (χ1) is 9.52. The van der Waals surface area contributed by atoms with Crippen molar-refractivity contribution in [2.45, 2.75) is 6.61 Å². The summed E-state index contributed by atoms with van der Waals surface area (Å²) < 4.78 is 36.4. The van der Waals surface area contributed by atoms with Crippen molar-refractivity contribution in [3.8, 4) is 0 Å². The Hall–Kier alpha value is -2.28. The number of anilines is 1. The molecular weight excluding hydrogens is 270 g/mol. The second-order valence-electron chi connectivity index (χ2n) is 4.07. The van der Waals surface area contributed by atoms with Crippen LogP contribution in [0.5, 0.6) is 0 Å². The van der Waals surface area contributed by atoms with Crippen molar-refractivity contribution in [3.63, 3.8) is 0 Å². The van der Waals surface area contributed by atoms with E-state index in [2.05, 4.69) is 5.16 Å². The molecular formula is C13H12F2N2O3. The Bertz CT molecular complexity index is 628. The quantitative estimate of drug-likeness (QED) is 0.864. The second kappa shape index (κ2) is 5.79. The molecule has 1 aromatic carbocycles. The lowest BCUT2D eigenvalue weighted by Gasteiger charge is -2.16. The van der Waals surface area contributed by atoms with E-state index < -0.39 is 17.5 Å². The fraction of sp³-hybridized carbons (Fsp3) is 0.231. The average molecular weight is 282 g/mol. The van der Waals surface area contributed by atoms with Gasteiger partial charge in [-0.05, 0) is 12.1 Å². The fourth-order valence-electron chi connectivity index (χ4n) is 1.65. The molecule has 0 spiro atoms. The highest BCUT2D eigenvalue weighted by Crippen LogP contribution is 2.21. The Morgan fingerprint density at radius 2 is 2.15 bits per heavy atom. The van der Waals surface area contributed by atoms with E-state index in [4.69, 9.17) is 9.26 Å². The van der Waals surface area contributed by atoms with Crippen LogP contribution < -0.4 is 4.90 Å². The SMILES string of the molecule is COCc1cc(C(=O)N(C)c2cc(F)ccc2F)no1. The molecule has 1 aromatic heterocycles. The third kappa shape index (κ3) is 2.83. The first-order valence-corrected chi connectivity index (χ1v) is 5.70. The van der Waals surface area contributed by atoms with E-state index in [0.29, 0.717) is 5.76 Å². The molecule has 0 fully saturated rings. The van der Waals surface area contributed by atoms with Gasteiger partial charge in [-0.25, -0.2) is 8.78 Å². The molecule has 5 nitrogen and oxygen atoms in total. The highest BCUT2D eigenvalue weighted by Gasteiger charge is 2.21. The van der Waals surface area contributed by atoms with Gasteiger partial charge in [0.1, 0.15) is 18.2 Å². The third-order valence-electron chi connectivity index (χ3n) is 2.64. The molecule has 2 rings (SSSR count). The van der Waals surface area contributed by atoms with Crippen LogP contribution in [-0.2, 0) is 11.3 Å². The van der Waals surface area contributed by atoms with Crippen LogP contribution in [-0.4, -0.2) is 25.2 Å². The van der Waals surface area contributed by atoms with E-state index >= 15 is 0 Å². The van der Waals surface area contributed by atoms with Crippen LogP contribution in [0.25, 0.3) is 0 Å². The summed E-state index contributed by atoms with van der Waals surface area (Å²) in [6.07, 6.45) is 0. The predicted octanol–water partition coefficient (Wildman–Crippen LogP) is 2.38. The summed E-state index contributed by atoms with van der Waals surface area (Å²) in [4.78, 5) is 13.1. The van der Waals surface area contributed by atoms with Crippen LogP contribution in [0.15, 0.2) is 28.8 Å². The molecule has 1 amide bonds. The lowest BCUT2D eigenvalue weighted by Crippen LogP contribution is -2.27. The smallest absolute Gasteiger partial charge is 0.280 e. The zero-order valence-electron chi connectivity index (χ0n) is 10.9. The molecule has 0 radical (unpaired) electrons. The fourth-order valence-corrected chi connectivity index (χ4v) is 1.65. The number of carbonyl (C=O) groups excluding carboxylic acids is 1. The van der Waals surface area contributed by atoms with Crippen molar-refractivity contribution < 1.29 is 22.8 Å². The summed E-state index contributed by atoms with van der Waals surface area (Å²) in [7, 11) is 2.79. The van der Waals surface area contributed by atoms with Gasteiger partial charge < -0.3 is 14.2 Å². The van der Waals surface area contributed by atoms with Crippen LogP contribution in [0.1, 0.15) is 16.2 Å². The summed E-state index contributed by atoms with van der Waals surface area (Å²) in [5.41, 5.74) is -0.186. The normalized spacial score (nSPS) is 10.6. The molecule has 0 atom stereocenters. The van der Waals surface area contributed by atoms with Crippen LogP contribution in [0.4, 0.5) is 14.5 Å². The van der Waals surface area contributed by atoms with E-state index in [0.717, 1.165) is 23.1 Å². The van der Waals surface area contributed by atoms with Crippen molar-refractivity contribution in [1.29, 1.82) is 0 Å². The Labute approximate surface area is 113 Å². The summed E-state index contributed by atoms with van der Waals surface area (Å²) in [6.45, 7) is 0.165. The molecule has 0 saturated heterocycles. The number of nitrogens with zero attached hydrogens (tertiary/aromatic N) is 2. The second-order valence-corrected chi connectivity index (χ2v) is 4.07. The molecule has 2 aromatic rings. The number of hydrogen-bond acceptors (Lipinski definition) is 4.